The van der Waals surface area contributed by atoms with E-state index in [1.165, 1.54) is 18.2 Å². The van der Waals surface area contributed by atoms with Crippen LogP contribution in [0.2, 0.25) is 0 Å². The number of carbonyl (C=O) groups excluding carboxylic acids is 2. The number of rotatable bonds is 4. The van der Waals surface area contributed by atoms with E-state index in [9.17, 15) is 23.1 Å². The highest BCUT2D eigenvalue weighted by Gasteiger charge is 2.67. The van der Waals surface area contributed by atoms with Gasteiger partial charge in [-0.05, 0) is 62.9 Å². The molecule has 35 heavy (non-hydrogen) atoms. The molecule has 1 aromatic heterocycles. The molecule has 1 N–H and O–H groups in total. The topological polar surface area (TPSA) is 112 Å². The predicted molar refractivity (Wildman–Crippen MR) is 128 cm³/mol. The summed E-state index contributed by atoms with van der Waals surface area (Å²) >= 11 is 0. The molecule has 0 bridgehead atoms. The van der Waals surface area contributed by atoms with Gasteiger partial charge in [0, 0.05) is 23.1 Å². The summed E-state index contributed by atoms with van der Waals surface area (Å²) in [5.41, 5.74) is -0.122. The highest BCUT2D eigenvalue weighted by atomic mass is 32.2. The summed E-state index contributed by atoms with van der Waals surface area (Å²) in [4.78, 5) is 25.6. The lowest BCUT2D eigenvalue weighted by molar-refractivity contribution is -0.167. The molecule has 2 atom stereocenters. The Morgan fingerprint density at radius 3 is 2.34 bits per heavy atom. The average molecular weight is 498 g/mol. The number of hydrogen-bond acceptors (Lipinski definition) is 7. The van der Waals surface area contributed by atoms with Crippen LogP contribution in [0.4, 0.5) is 0 Å². The molecule has 8 nitrogen and oxygen atoms in total. The summed E-state index contributed by atoms with van der Waals surface area (Å²) in [6, 6.07) is 9.66. The fraction of sp³-hybridized carbons (Fsp3) is 0.385. The molecule has 1 saturated carbocycles. The molecule has 2 aliphatic rings. The minimum atomic E-state index is -4.11. The third kappa shape index (κ3) is 2.97. The molecular weight excluding hydrogens is 470 g/mol. The number of benzene rings is 2. The van der Waals surface area contributed by atoms with Crippen LogP contribution in [0.3, 0.4) is 0 Å². The third-order valence-corrected chi connectivity index (χ3v) is 9.43. The van der Waals surface area contributed by atoms with Crippen molar-refractivity contribution in [3.63, 3.8) is 0 Å². The summed E-state index contributed by atoms with van der Waals surface area (Å²) in [6.45, 7) is 3.59. The molecule has 184 valence electrons. The van der Waals surface area contributed by atoms with Crippen molar-refractivity contribution in [2.45, 2.75) is 50.0 Å². The van der Waals surface area contributed by atoms with Gasteiger partial charge >= 0.3 is 11.9 Å². The average Bonchev–Trinajstić information content (AvgIpc) is 3.41. The van der Waals surface area contributed by atoms with E-state index in [-0.39, 0.29) is 23.3 Å². The second-order valence-corrected chi connectivity index (χ2v) is 11.3. The van der Waals surface area contributed by atoms with Gasteiger partial charge in [0.1, 0.15) is 11.0 Å². The van der Waals surface area contributed by atoms with Gasteiger partial charge in [-0.1, -0.05) is 17.7 Å². The SMILES string of the molecule is COC(=O)c1cc(C)c2c(c1)c1c(n2S(=O)(=O)c2ccc(C)cc2)C[C@@]2(C(=O)OC)CCC[C@@]12O. The Labute approximate surface area is 203 Å². The van der Waals surface area contributed by atoms with Gasteiger partial charge in [-0.3, -0.25) is 4.79 Å². The van der Waals surface area contributed by atoms with Crippen molar-refractivity contribution in [1.29, 1.82) is 0 Å². The highest BCUT2D eigenvalue weighted by Crippen LogP contribution is 2.63. The van der Waals surface area contributed by atoms with Gasteiger partial charge in [0.05, 0.1) is 30.2 Å². The molecule has 0 amide bonds. The Bertz CT molecular complexity index is 1500. The number of aromatic nitrogens is 1. The Kier molecular flexibility index (Phi) is 5.16. The summed E-state index contributed by atoms with van der Waals surface area (Å²) in [5, 5.41) is 12.5. The van der Waals surface area contributed by atoms with Gasteiger partial charge < -0.3 is 14.6 Å². The smallest absolute Gasteiger partial charge is 0.337 e. The quantitative estimate of drug-likeness (QED) is 0.550. The minimum Gasteiger partial charge on any atom is -0.468 e. The van der Waals surface area contributed by atoms with E-state index < -0.39 is 33.0 Å². The van der Waals surface area contributed by atoms with Crippen LogP contribution in [0, 0.1) is 19.3 Å². The third-order valence-electron chi connectivity index (χ3n) is 7.68. The molecule has 2 aromatic carbocycles. The molecular formula is C26H27NO7S. The highest BCUT2D eigenvalue weighted by molar-refractivity contribution is 7.90. The number of ether oxygens (including phenoxy) is 2. The fourth-order valence-electron chi connectivity index (χ4n) is 6.09. The van der Waals surface area contributed by atoms with E-state index in [0.717, 1.165) is 5.56 Å². The van der Waals surface area contributed by atoms with E-state index in [4.69, 9.17) is 9.47 Å². The van der Waals surface area contributed by atoms with Crippen molar-refractivity contribution in [2.24, 2.45) is 5.41 Å². The molecule has 0 radical (unpaired) electrons. The standard InChI is InChI=1S/C26H27NO7S/c1-15-6-8-18(9-7-15)35(31,32)27-20-14-25(24(29)34-4)10-5-11-26(25,30)21(20)19-13-17(23(28)33-3)12-16(2)22(19)27/h6-9,12-13,30H,5,10-11,14H2,1-4H3/t25-,26-/m1/s1. The Hall–Kier alpha value is -3.17. The molecule has 1 heterocycles. The van der Waals surface area contributed by atoms with E-state index in [1.807, 2.05) is 6.92 Å². The predicted octanol–water partition coefficient (Wildman–Crippen LogP) is 3.37. The normalized spacial score (nSPS) is 23.2. The lowest BCUT2D eigenvalue weighted by Crippen LogP contribution is -2.45. The number of nitrogens with zero attached hydrogens (tertiary/aromatic N) is 1. The van der Waals surface area contributed by atoms with Crippen molar-refractivity contribution >= 4 is 32.9 Å². The van der Waals surface area contributed by atoms with Gasteiger partial charge in [0.2, 0.25) is 0 Å². The van der Waals surface area contributed by atoms with Gasteiger partial charge in [0.25, 0.3) is 10.0 Å². The van der Waals surface area contributed by atoms with Crippen molar-refractivity contribution in [3.8, 4) is 0 Å². The zero-order chi connectivity index (χ0) is 25.3. The first kappa shape index (κ1) is 23.6. The van der Waals surface area contributed by atoms with Crippen LogP contribution in [-0.4, -0.2) is 43.7 Å². The van der Waals surface area contributed by atoms with Gasteiger partial charge in [-0.25, -0.2) is 17.2 Å². The maximum Gasteiger partial charge on any atom is 0.337 e. The van der Waals surface area contributed by atoms with E-state index in [0.29, 0.717) is 40.6 Å². The second kappa shape index (κ2) is 7.66. The van der Waals surface area contributed by atoms with Gasteiger partial charge in [-0.15, -0.1) is 0 Å². The number of carbonyl (C=O) groups is 2. The monoisotopic (exact) mass is 497 g/mol. The van der Waals surface area contributed by atoms with Gasteiger partial charge in [0.15, 0.2) is 0 Å². The Balaban J connectivity index is 1.90. The first-order valence-corrected chi connectivity index (χ1v) is 12.9. The van der Waals surface area contributed by atoms with Gasteiger partial charge in [-0.2, -0.15) is 0 Å². The summed E-state index contributed by atoms with van der Waals surface area (Å²) < 4.78 is 39.4. The second-order valence-electron chi connectivity index (χ2n) is 9.55. The maximum atomic E-state index is 14.0. The molecule has 9 heteroatoms. The number of aryl methyl sites for hydroxylation is 2. The Morgan fingerprint density at radius 1 is 1.03 bits per heavy atom. The van der Waals surface area contributed by atoms with Crippen LogP contribution in [0.5, 0.6) is 0 Å². The first-order chi connectivity index (χ1) is 16.5. The van der Waals surface area contributed by atoms with Crippen molar-refractivity contribution in [1.82, 2.24) is 3.97 Å². The molecule has 0 spiro atoms. The number of hydrogen-bond donors (Lipinski definition) is 1. The maximum absolute atomic E-state index is 14.0. The first-order valence-electron chi connectivity index (χ1n) is 11.4. The molecule has 3 aromatic rings. The van der Waals surface area contributed by atoms with Crippen molar-refractivity contribution < 1.29 is 32.6 Å². The molecule has 0 unspecified atom stereocenters. The molecule has 0 saturated heterocycles. The Morgan fingerprint density at radius 2 is 1.71 bits per heavy atom. The van der Waals surface area contributed by atoms with Crippen molar-refractivity contribution in [2.75, 3.05) is 14.2 Å². The summed E-state index contributed by atoms with van der Waals surface area (Å²) in [6.07, 6.45) is 1.24. The summed E-state index contributed by atoms with van der Waals surface area (Å²) in [5.74, 6) is -1.14. The molecule has 5 rings (SSSR count). The van der Waals surface area contributed by atoms with Crippen molar-refractivity contribution in [3.05, 3.63) is 64.3 Å². The van der Waals surface area contributed by atoms with Crippen LogP contribution >= 0.6 is 0 Å². The number of methoxy groups -OCH3 is 2. The minimum absolute atomic E-state index is 0.0122. The molecule has 2 aliphatic carbocycles. The van der Waals surface area contributed by atoms with Crippen LogP contribution in [0.25, 0.3) is 10.9 Å². The fourth-order valence-corrected chi connectivity index (χ4v) is 7.70. The zero-order valence-corrected chi connectivity index (χ0v) is 20.9. The van der Waals surface area contributed by atoms with E-state index in [1.54, 1.807) is 43.3 Å². The van der Waals surface area contributed by atoms with Crippen LogP contribution in [0.15, 0.2) is 41.3 Å². The molecule has 0 aliphatic heterocycles. The lowest BCUT2D eigenvalue weighted by atomic mass is 9.74. The number of esters is 2. The van der Waals surface area contributed by atoms with Crippen LogP contribution in [-0.2, 0) is 36.3 Å². The van der Waals surface area contributed by atoms with E-state index >= 15 is 0 Å². The van der Waals surface area contributed by atoms with Crippen LogP contribution in [0.1, 0.15) is 52.0 Å². The zero-order valence-electron chi connectivity index (χ0n) is 20.0. The number of aliphatic hydroxyl groups is 1. The van der Waals surface area contributed by atoms with Crippen LogP contribution < -0.4 is 0 Å². The summed E-state index contributed by atoms with van der Waals surface area (Å²) in [7, 11) is -1.56. The van der Waals surface area contributed by atoms with E-state index in [2.05, 4.69) is 0 Å². The molecule has 1 fully saturated rings. The number of fused-ring (bicyclic) bond motifs is 5. The largest absolute Gasteiger partial charge is 0.468 e. The lowest BCUT2D eigenvalue weighted by Gasteiger charge is -2.34.